The molecule has 0 saturated carbocycles. The smallest absolute Gasteiger partial charge is 0.185 e. The maximum atomic E-state index is 12.8. The van der Waals surface area contributed by atoms with Crippen LogP contribution in [0.3, 0.4) is 0 Å². The normalized spacial score (nSPS) is 11.1. The first kappa shape index (κ1) is 13.1. The molecule has 102 valence electrons. The Hall–Kier alpha value is -2.88. The molecule has 0 aliphatic carbocycles. The van der Waals surface area contributed by atoms with Crippen LogP contribution in [0, 0.1) is 5.82 Å². The number of carbonyl (C=O) groups excluding carboxylic acids is 1. The predicted octanol–water partition coefficient (Wildman–Crippen LogP) is 3.67. The van der Waals surface area contributed by atoms with Crippen molar-refractivity contribution in [2.75, 3.05) is 0 Å². The number of rotatable bonds is 3. The van der Waals surface area contributed by atoms with Crippen molar-refractivity contribution in [1.29, 1.82) is 0 Å². The molecule has 0 aliphatic rings. The molecule has 0 N–H and O–H groups in total. The molecule has 0 unspecified atom stereocenters. The van der Waals surface area contributed by atoms with Gasteiger partial charge in [-0.1, -0.05) is 12.1 Å². The van der Waals surface area contributed by atoms with Gasteiger partial charge in [-0.25, -0.2) is 4.39 Å². The van der Waals surface area contributed by atoms with Crippen LogP contribution < -0.4 is 0 Å². The van der Waals surface area contributed by atoms with Gasteiger partial charge in [0.25, 0.3) is 0 Å². The van der Waals surface area contributed by atoms with Gasteiger partial charge < -0.3 is 0 Å². The van der Waals surface area contributed by atoms with Gasteiger partial charge in [0.05, 0.1) is 11.0 Å². The van der Waals surface area contributed by atoms with Crippen molar-refractivity contribution in [3.63, 3.8) is 0 Å². The predicted molar refractivity (Wildman–Crippen MR) is 79.3 cm³/mol. The van der Waals surface area contributed by atoms with Crippen LogP contribution in [-0.2, 0) is 0 Å². The molecule has 0 radical (unpaired) electrons. The summed E-state index contributed by atoms with van der Waals surface area (Å²) in [6.07, 6.45) is 6.43. The fourth-order valence-electron chi connectivity index (χ4n) is 1.97. The first-order valence-electron chi connectivity index (χ1n) is 6.41. The van der Waals surface area contributed by atoms with Gasteiger partial charge in [-0.15, -0.1) is 0 Å². The molecule has 3 aromatic rings. The first-order chi connectivity index (χ1) is 10.2. The summed E-state index contributed by atoms with van der Waals surface area (Å²) in [5, 5.41) is 0. The first-order valence-corrected chi connectivity index (χ1v) is 6.41. The van der Waals surface area contributed by atoms with Crippen molar-refractivity contribution < 1.29 is 9.18 Å². The molecule has 0 spiro atoms. The summed E-state index contributed by atoms with van der Waals surface area (Å²) in [4.78, 5) is 20.4. The summed E-state index contributed by atoms with van der Waals surface area (Å²) in [5.74, 6) is -0.530. The van der Waals surface area contributed by atoms with Gasteiger partial charge in [-0.3, -0.25) is 14.8 Å². The van der Waals surface area contributed by atoms with Crippen molar-refractivity contribution >= 4 is 22.9 Å². The molecule has 0 bridgehead atoms. The molecule has 21 heavy (non-hydrogen) atoms. The van der Waals surface area contributed by atoms with Gasteiger partial charge in [0.15, 0.2) is 5.78 Å². The lowest BCUT2D eigenvalue weighted by Gasteiger charge is -1.98. The van der Waals surface area contributed by atoms with Crippen LogP contribution in [0.1, 0.15) is 15.9 Å². The number of nitrogens with zero attached hydrogens (tertiary/aromatic N) is 2. The monoisotopic (exact) mass is 278 g/mol. The third-order valence-corrected chi connectivity index (χ3v) is 3.05. The highest BCUT2D eigenvalue weighted by Crippen LogP contribution is 2.13. The Morgan fingerprint density at radius 1 is 0.952 bits per heavy atom. The lowest BCUT2D eigenvalue weighted by Crippen LogP contribution is -1.93. The number of aromatic nitrogens is 2. The zero-order valence-electron chi connectivity index (χ0n) is 11.0. The minimum Gasteiger partial charge on any atom is -0.289 e. The Kier molecular flexibility index (Phi) is 3.51. The van der Waals surface area contributed by atoms with E-state index >= 15 is 0 Å². The molecule has 0 saturated heterocycles. The van der Waals surface area contributed by atoms with Crippen LogP contribution in [-0.4, -0.2) is 15.8 Å². The van der Waals surface area contributed by atoms with E-state index in [0.29, 0.717) is 5.56 Å². The standard InChI is InChI=1S/C17H11FN2O/c18-14-5-3-13(4-6-14)17(21)8-2-12-1-7-15-16(11-12)20-10-9-19-15/h1-11H/b8-2-. The fraction of sp³-hybridized carbons (Fsp3) is 0. The quantitative estimate of drug-likeness (QED) is 0.542. The topological polar surface area (TPSA) is 42.9 Å². The highest BCUT2D eigenvalue weighted by Gasteiger charge is 2.02. The summed E-state index contributed by atoms with van der Waals surface area (Å²) < 4.78 is 12.8. The van der Waals surface area contributed by atoms with E-state index in [2.05, 4.69) is 9.97 Å². The SMILES string of the molecule is O=C(/C=C\c1ccc2nccnc2c1)c1ccc(F)cc1. The van der Waals surface area contributed by atoms with Crippen molar-refractivity contribution in [2.24, 2.45) is 0 Å². The highest BCUT2D eigenvalue weighted by molar-refractivity contribution is 6.06. The number of allylic oxidation sites excluding steroid dienone is 1. The van der Waals surface area contributed by atoms with Crippen molar-refractivity contribution in [3.05, 3.63) is 77.9 Å². The number of hydrogen-bond acceptors (Lipinski definition) is 3. The average molecular weight is 278 g/mol. The maximum Gasteiger partial charge on any atom is 0.185 e. The lowest BCUT2D eigenvalue weighted by molar-refractivity contribution is 0.104. The minimum atomic E-state index is -0.358. The third kappa shape index (κ3) is 3.00. The number of carbonyl (C=O) groups is 1. The Morgan fingerprint density at radius 3 is 2.43 bits per heavy atom. The van der Waals surface area contributed by atoms with Crippen LogP contribution in [0.4, 0.5) is 4.39 Å². The van der Waals surface area contributed by atoms with Crippen LogP contribution in [0.5, 0.6) is 0 Å². The Morgan fingerprint density at radius 2 is 1.67 bits per heavy atom. The van der Waals surface area contributed by atoms with E-state index in [1.165, 1.54) is 30.3 Å². The van der Waals surface area contributed by atoms with Crippen LogP contribution >= 0.6 is 0 Å². The molecule has 0 fully saturated rings. The van der Waals surface area contributed by atoms with Gasteiger partial charge in [-0.05, 0) is 48.0 Å². The van der Waals surface area contributed by atoms with E-state index in [-0.39, 0.29) is 11.6 Å². The lowest BCUT2D eigenvalue weighted by atomic mass is 10.1. The van der Waals surface area contributed by atoms with Crippen molar-refractivity contribution in [3.8, 4) is 0 Å². The van der Waals surface area contributed by atoms with E-state index in [1.807, 2.05) is 18.2 Å². The molecule has 4 heteroatoms. The largest absolute Gasteiger partial charge is 0.289 e. The van der Waals surface area contributed by atoms with Crippen molar-refractivity contribution in [2.45, 2.75) is 0 Å². The van der Waals surface area contributed by atoms with Crippen LogP contribution in [0.2, 0.25) is 0 Å². The Balaban J connectivity index is 1.83. The number of fused-ring (bicyclic) bond motifs is 1. The number of halogens is 1. The number of hydrogen-bond donors (Lipinski definition) is 0. The molecule has 3 nitrogen and oxygen atoms in total. The zero-order valence-corrected chi connectivity index (χ0v) is 11.0. The summed E-state index contributed by atoms with van der Waals surface area (Å²) in [7, 11) is 0. The zero-order chi connectivity index (χ0) is 14.7. The molecule has 0 atom stereocenters. The molecular formula is C17H11FN2O. The highest BCUT2D eigenvalue weighted by atomic mass is 19.1. The molecular weight excluding hydrogens is 267 g/mol. The fourth-order valence-corrected chi connectivity index (χ4v) is 1.97. The second-order valence-corrected chi connectivity index (χ2v) is 4.51. The average Bonchev–Trinajstić information content (AvgIpc) is 2.53. The minimum absolute atomic E-state index is 0.172. The second-order valence-electron chi connectivity index (χ2n) is 4.51. The summed E-state index contributed by atoms with van der Waals surface area (Å²) in [5.41, 5.74) is 2.89. The number of ketones is 1. The van der Waals surface area contributed by atoms with Gasteiger partial charge in [0.2, 0.25) is 0 Å². The van der Waals surface area contributed by atoms with E-state index in [9.17, 15) is 9.18 Å². The van der Waals surface area contributed by atoms with E-state index in [4.69, 9.17) is 0 Å². The second kappa shape index (κ2) is 5.63. The van der Waals surface area contributed by atoms with Crippen LogP contribution in [0.25, 0.3) is 17.1 Å². The Bertz CT molecular complexity index is 826. The molecule has 1 aromatic heterocycles. The van der Waals surface area contributed by atoms with Gasteiger partial charge in [0.1, 0.15) is 5.82 Å². The van der Waals surface area contributed by atoms with Gasteiger partial charge in [0, 0.05) is 18.0 Å². The summed E-state index contributed by atoms with van der Waals surface area (Å²) in [6.45, 7) is 0. The van der Waals surface area contributed by atoms with E-state index < -0.39 is 0 Å². The Labute approximate surface area is 120 Å². The third-order valence-electron chi connectivity index (χ3n) is 3.05. The molecule has 0 aliphatic heterocycles. The van der Waals surface area contributed by atoms with Gasteiger partial charge in [-0.2, -0.15) is 0 Å². The summed E-state index contributed by atoms with van der Waals surface area (Å²) in [6, 6.07) is 11.0. The van der Waals surface area contributed by atoms with E-state index in [1.54, 1.807) is 18.5 Å². The molecule has 1 heterocycles. The molecule has 3 rings (SSSR count). The molecule has 2 aromatic carbocycles. The number of benzene rings is 2. The van der Waals surface area contributed by atoms with E-state index in [0.717, 1.165) is 16.6 Å². The van der Waals surface area contributed by atoms with Crippen LogP contribution in [0.15, 0.2) is 60.9 Å². The molecule has 0 amide bonds. The van der Waals surface area contributed by atoms with Crippen molar-refractivity contribution in [1.82, 2.24) is 9.97 Å². The summed E-state index contributed by atoms with van der Waals surface area (Å²) >= 11 is 0. The maximum absolute atomic E-state index is 12.8. The van der Waals surface area contributed by atoms with Gasteiger partial charge >= 0.3 is 0 Å².